The molecule has 1 spiro atoms. The van der Waals surface area contributed by atoms with Crippen LogP contribution in [0.25, 0.3) is 0 Å². The van der Waals surface area contributed by atoms with Gasteiger partial charge in [0.25, 0.3) is 5.91 Å². The van der Waals surface area contributed by atoms with Crippen molar-refractivity contribution in [2.24, 2.45) is 11.8 Å². The maximum absolute atomic E-state index is 14.3. The topological polar surface area (TPSA) is 87.2 Å². The van der Waals surface area contributed by atoms with Crippen molar-refractivity contribution in [2.75, 3.05) is 31.2 Å². The molecule has 4 rings (SSSR count). The van der Waals surface area contributed by atoms with Crippen molar-refractivity contribution in [3.8, 4) is 0 Å². The van der Waals surface area contributed by atoms with Crippen LogP contribution in [0.5, 0.6) is 0 Å². The van der Waals surface area contributed by atoms with Gasteiger partial charge < -0.3 is 19.6 Å². The Bertz CT molecular complexity index is 1030. The van der Waals surface area contributed by atoms with Crippen molar-refractivity contribution in [3.05, 3.63) is 54.6 Å². The van der Waals surface area contributed by atoms with Gasteiger partial charge in [-0.15, -0.1) is 18.3 Å². The number of β-amino-alcohol motifs (C(OH)–C–C–N with tert-alkyl or cyclic N) is 1. The van der Waals surface area contributed by atoms with Gasteiger partial charge in [0, 0.05) is 24.0 Å². The number of carbonyl (C=O) groups is 3. The lowest BCUT2D eigenvalue weighted by atomic mass is 9.71. The molecule has 8 heteroatoms. The molecule has 1 aromatic rings. The minimum absolute atomic E-state index is 0.0435. The molecule has 3 fully saturated rings. The molecule has 1 N–H and O–H groups in total. The predicted octanol–water partition coefficient (Wildman–Crippen LogP) is 2.64. The Morgan fingerprint density at radius 1 is 1.32 bits per heavy atom. The number of aliphatic hydroxyl groups excluding tert-OH is 1. The van der Waals surface area contributed by atoms with Crippen LogP contribution in [0, 0.1) is 25.7 Å². The SMILES string of the molecule is C=CCOC(=O)[C@@H]1[C@@H]2CCC3(S2)C(C(=O)N(CC=C)c2cc(C)ccc2C)N(CCO)C(=O)[C@H]13. The number of rotatable bonds is 9. The van der Waals surface area contributed by atoms with Gasteiger partial charge in [-0.05, 0) is 43.9 Å². The van der Waals surface area contributed by atoms with E-state index < -0.39 is 28.6 Å². The Morgan fingerprint density at radius 3 is 2.76 bits per heavy atom. The van der Waals surface area contributed by atoms with Gasteiger partial charge in [0.05, 0.1) is 23.2 Å². The number of benzene rings is 1. The highest BCUT2D eigenvalue weighted by Gasteiger charge is 2.74. The Balaban J connectivity index is 1.76. The number of aryl methyl sites for hydroxylation is 2. The minimum Gasteiger partial charge on any atom is -0.461 e. The number of amides is 2. The molecule has 34 heavy (non-hydrogen) atoms. The first-order chi connectivity index (χ1) is 16.3. The van der Waals surface area contributed by atoms with Crippen LogP contribution in [0.1, 0.15) is 24.0 Å². The Kier molecular flexibility index (Phi) is 6.92. The second kappa shape index (κ2) is 9.58. The lowest BCUT2D eigenvalue weighted by Crippen LogP contribution is -2.55. The Morgan fingerprint density at radius 2 is 2.09 bits per heavy atom. The van der Waals surface area contributed by atoms with Gasteiger partial charge in [0.15, 0.2) is 0 Å². The van der Waals surface area contributed by atoms with Crippen LogP contribution < -0.4 is 4.90 Å². The normalized spacial score (nSPS) is 29.1. The quantitative estimate of drug-likeness (QED) is 0.428. The van der Waals surface area contributed by atoms with E-state index in [1.165, 1.54) is 11.0 Å². The maximum atomic E-state index is 14.3. The molecular formula is C26H32N2O5S. The van der Waals surface area contributed by atoms with Crippen LogP contribution in [0.2, 0.25) is 0 Å². The molecule has 0 aromatic heterocycles. The van der Waals surface area contributed by atoms with E-state index >= 15 is 0 Å². The smallest absolute Gasteiger partial charge is 0.311 e. The summed E-state index contributed by atoms with van der Waals surface area (Å²) in [7, 11) is 0. The van der Waals surface area contributed by atoms with Crippen molar-refractivity contribution in [1.29, 1.82) is 0 Å². The van der Waals surface area contributed by atoms with Gasteiger partial charge in [-0.2, -0.15) is 0 Å². The molecule has 3 aliphatic heterocycles. The summed E-state index contributed by atoms with van der Waals surface area (Å²) in [5.74, 6) is -2.10. The van der Waals surface area contributed by atoms with E-state index in [-0.39, 0.29) is 36.8 Å². The number of anilines is 1. The molecule has 3 aliphatic rings. The maximum Gasteiger partial charge on any atom is 0.311 e. The summed E-state index contributed by atoms with van der Waals surface area (Å²) < 4.78 is 4.64. The highest BCUT2D eigenvalue weighted by molar-refractivity contribution is 8.02. The first kappa shape index (κ1) is 24.5. The van der Waals surface area contributed by atoms with Crippen LogP contribution in [-0.2, 0) is 19.1 Å². The second-order valence-electron chi connectivity index (χ2n) is 9.26. The lowest BCUT2D eigenvalue weighted by molar-refractivity contribution is -0.153. The molecule has 0 radical (unpaired) electrons. The molecule has 2 bridgehead atoms. The van der Waals surface area contributed by atoms with E-state index in [4.69, 9.17) is 4.74 Å². The number of fused-ring (bicyclic) bond motifs is 1. The summed E-state index contributed by atoms with van der Waals surface area (Å²) in [5, 5.41) is 9.70. The minimum atomic E-state index is -0.774. The van der Waals surface area contributed by atoms with Crippen LogP contribution in [-0.4, -0.2) is 70.1 Å². The molecule has 182 valence electrons. The number of hydrogen-bond donors (Lipinski definition) is 1. The Hall–Kier alpha value is -2.58. The predicted molar refractivity (Wildman–Crippen MR) is 133 cm³/mol. The molecule has 3 saturated heterocycles. The van der Waals surface area contributed by atoms with Crippen molar-refractivity contribution in [2.45, 2.75) is 42.7 Å². The highest BCUT2D eigenvalue weighted by Crippen LogP contribution is 2.66. The molecule has 3 heterocycles. The van der Waals surface area contributed by atoms with E-state index in [1.54, 1.807) is 22.7 Å². The highest BCUT2D eigenvalue weighted by atomic mass is 32.2. The Labute approximate surface area is 204 Å². The molecular weight excluding hydrogens is 452 g/mol. The fraction of sp³-hybridized carbons (Fsp3) is 0.500. The molecule has 0 aliphatic carbocycles. The van der Waals surface area contributed by atoms with Gasteiger partial charge in [0.2, 0.25) is 5.91 Å². The first-order valence-corrected chi connectivity index (χ1v) is 12.5. The van der Waals surface area contributed by atoms with Crippen LogP contribution in [0.15, 0.2) is 43.5 Å². The first-order valence-electron chi connectivity index (χ1n) is 11.7. The van der Waals surface area contributed by atoms with Gasteiger partial charge in [-0.25, -0.2) is 0 Å². The summed E-state index contributed by atoms with van der Waals surface area (Å²) >= 11 is 1.58. The molecule has 7 nitrogen and oxygen atoms in total. The number of likely N-dealkylation sites (tertiary alicyclic amines) is 1. The van der Waals surface area contributed by atoms with Crippen molar-refractivity contribution in [3.63, 3.8) is 0 Å². The number of aliphatic hydroxyl groups is 1. The summed E-state index contributed by atoms with van der Waals surface area (Å²) in [4.78, 5) is 44.1. The third-order valence-electron chi connectivity index (χ3n) is 7.22. The molecule has 0 saturated carbocycles. The average Bonchev–Trinajstić information content (AvgIpc) is 3.45. The summed E-state index contributed by atoms with van der Waals surface area (Å²) in [6.07, 6.45) is 4.59. The number of esters is 1. The largest absolute Gasteiger partial charge is 0.461 e. The van der Waals surface area contributed by atoms with Crippen LogP contribution in [0.3, 0.4) is 0 Å². The van der Waals surface area contributed by atoms with E-state index in [0.29, 0.717) is 13.0 Å². The standard InChI is InChI=1S/C26H32N2O5S/c1-5-11-27(18-15-16(3)7-8-17(18)4)24(31)22-26-10-9-19(34-26)20(25(32)33-14-6-2)21(26)23(30)28(22)12-13-29/h5-8,15,19-22,29H,1-2,9-14H2,3-4H3/t19-,20+,21-,22?,26?/m0/s1. The molecule has 1 aromatic carbocycles. The number of ether oxygens (including phenoxy) is 1. The van der Waals surface area contributed by atoms with E-state index in [0.717, 1.165) is 23.2 Å². The third-order valence-corrected chi connectivity index (χ3v) is 9.18. The van der Waals surface area contributed by atoms with Gasteiger partial charge >= 0.3 is 5.97 Å². The van der Waals surface area contributed by atoms with E-state index in [9.17, 15) is 19.5 Å². The second-order valence-corrected chi connectivity index (χ2v) is 10.9. The average molecular weight is 485 g/mol. The lowest BCUT2D eigenvalue weighted by Gasteiger charge is -2.37. The third kappa shape index (κ3) is 3.77. The summed E-state index contributed by atoms with van der Waals surface area (Å²) in [6.45, 7) is 11.5. The summed E-state index contributed by atoms with van der Waals surface area (Å²) in [6, 6.07) is 5.16. The monoisotopic (exact) mass is 484 g/mol. The zero-order chi connectivity index (χ0) is 24.6. The zero-order valence-electron chi connectivity index (χ0n) is 19.7. The van der Waals surface area contributed by atoms with E-state index in [1.807, 2.05) is 32.0 Å². The zero-order valence-corrected chi connectivity index (χ0v) is 20.6. The number of thioether (sulfide) groups is 1. The van der Waals surface area contributed by atoms with Crippen molar-refractivity contribution >= 4 is 35.2 Å². The van der Waals surface area contributed by atoms with Crippen molar-refractivity contribution < 1.29 is 24.2 Å². The van der Waals surface area contributed by atoms with Crippen molar-refractivity contribution in [1.82, 2.24) is 4.90 Å². The van der Waals surface area contributed by atoms with Gasteiger partial charge in [-0.3, -0.25) is 14.4 Å². The van der Waals surface area contributed by atoms with Crippen LogP contribution in [0.4, 0.5) is 5.69 Å². The van der Waals surface area contributed by atoms with Gasteiger partial charge in [-0.1, -0.05) is 30.9 Å². The molecule has 2 unspecified atom stereocenters. The number of nitrogens with zero attached hydrogens (tertiary/aromatic N) is 2. The van der Waals surface area contributed by atoms with Crippen LogP contribution >= 0.6 is 11.8 Å². The van der Waals surface area contributed by atoms with E-state index in [2.05, 4.69) is 13.2 Å². The molecule has 2 amide bonds. The van der Waals surface area contributed by atoms with Gasteiger partial charge in [0.1, 0.15) is 12.6 Å². The molecule has 5 atom stereocenters. The number of hydrogen-bond acceptors (Lipinski definition) is 6. The summed E-state index contributed by atoms with van der Waals surface area (Å²) in [5.41, 5.74) is 2.75. The fourth-order valence-electron chi connectivity index (χ4n) is 5.88. The number of carbonyl (C=O) groups excluding carboxylic acids is 3. The fourth-order valence-corrected chi connectivity index (χ4v) is 8.08.